The van der Waals surface area contributed by atoms with Crippen molar-refractivity contribution in [1.29, 1.82) is 0 Å². The predicted octanol–water partition coefficient (Wildman–Crippen LogP) is 2.58. The van der Waals surface area contributed by atoms with Gasteiger partial charge in [-0.1, -0.05) is 6.07 Å². The van der Waals surface area contributed by atoms with Gasteiger partial charge in [0.05, 0.1) is 0 Å². The number of carbonyl (C=O) groups is 3. The Hall–Kier alpha value is -1.64. The smallest absolute Gasteiger partial charge is 0.325 e. The summed E-state index contributed by atoms with van der Waals surface area (Å²) >= 11 is 2.12. The van der Waals surface area contributed by atoms with Crippen LogP contribution in [0, 0.1) is 3.57 Å². The molecule has 0 saturated heterocycles. The number of halogens is 1. The SMILES string of the molecule is O=C(O)CCCCC(=O)NC(=O)Nc1cccc(I)c1. The van der Waals surface area contributed by atoms with Crippen molar-refractivity contribution in [1.82, 2.24) is 5.32 Å². The van der Waals surface area contributed by atoms with Crippen molar-refractivity contribution in [2.45, 2.75) is 25.7 Å². The number of aliphatic carboxylic acids is 1. The molecule has 0 heterocycles. The number of imide groups is 1. The third-order valence-corrected chi connectivity index (χ3v) is 3.05. The van der Waals surface area contributed by atoms with Crippen molar-refractivity contribution in [2.75, 3.05) is 5.32 Å². The summed E-state index contributed by atoms with van der Waals surface area (Å²) in [7, 11) is 0. The molecule has 3 amide bonds. The minimum Gasteiger partial charge on any atom is -0.481 e. The fraction of sp³-hybridized carbons (Fsp3) is 0.308. The lowest BCUT2D eigenvalue weighted by atomic mass is 10.2. The summed E-state index contributed by atoms with van der Waals surface area (Å²) in [4.78, 5) is 33.3. The van der Waals surface area contributed by atoms with Gasteiger partial charge in [-0.25, -0.2) is 4.79 Å². The van der Waals surface area contributed by atoms with Crippen molar-refractivity contribution in [3.63, 3.8) is 0 Å². The first-order valence-electron chi connectivity index (χ1n) is 6.05. The maximum absolute atomic E-state index is 11.5. The zero-order chi connectivity index (χ0) is 15.0. The van der Waals surface area contributed by atoms with Gasteiger partial charge in [-0.3, -0.25) is 14.9 Å². The van der Waals surface area contributed by atoms with Crippen LogP contribution in [0.15, 0.2) is 24.3 Å². The lowest BCUT2D eigenvalue weighted by Crippen LogP contribution is -2.34. The normalized spacial score (nSPS) is 9.85. The van der Waals surface area contributed by atoms with Crippen LogP contribution in [-0.4, -0.2) is 23.0 Å². The molecule has 0 aliphatic heterocycles. The van der Waals surface area contributed by atoms with Crippen molar-refractivity contribution in [2.24, 2.45) is 0 Å². The third kappa shape index (κ3) is 7.07. The van der Waals surface area contributed by atoms with Crippen LogP contribution >= 0.6 is 22.6 Å². The molecule has 1 aromatic rings. The number of amides is 3. The zero-order valence-corrected chi connectivity index (χ0v) is 12.8. The Morgan fingerprint density at radius 2 is 1.85 bits per heavy atom. The minimum absolute atomic E-state index is 0.0297. The summed E-state index contributed by atoms with van der Waals surface area (Å²) < 4.78 is 0.973. The number of carboxylic acids is 1. The van der Waals surface area contributed by atoms with Crippen molar-refractivity contribution in [3.8, 4) is 0 Å². The molecule has 108 valence electrons. The van der Waals surface area contributed by atoms with Crippen LogP contribution in [0.25, 0.3) is 0 Å². The maximum atomic E-state index is 11.5. The van der Waals surface area contributed by atoms with E-state index >= 15 is 0 Å². The van der Waals surface area contributed by atoms with Crippen LogP contribution in [0.2, 0.25) is 0 Å². The number of benzene rings is 1. The molecule has 0 atom stereocenters. The van der Waals surface area contributed by atoms with Crippen LogP contribution in [0.4, 0.5) is 10.5 Å². The highest BCUT2D eigenvalue weighted by Gasteiger charge is 2.08. The number of nitrogens with one attached hydrogen (secondary N) is 2. The van der Waals surface area contributed by atoms with Gasteiger partial charge >= 0.3 is 12.0 Å². The molecule has 0 aliphatic rings. The molecule has 6 nitrogen and oxygen atoms in total. The summed E-state index contributed by atoms with van der Waals surface area (Å²) in [5.41, 5.74) is 0.605. The topological polar surface area (TPSA) is 95.5 Å². The van der Waals surface area contributed by atoms with Crippen LogP contribution in [0.1, 0.15) is 25.7 Å². The van der Waals surface area contributed by atoms with Gasteiger partial charge in [-0.15, -0.1) is 0 Å². The highest BCUT2D eigenvalue weighted by molar-refractivity contribution is 14.1. The summed E-state index contributed by atoms with van der Waals surface area (Å²) in [6, 6.07) is 6.59. The Morgan fingerprint density at radius 1 is 1.15 bits per heavy atom. The van der Waals surface area contributed by atoms with Gasteiger partial charge in [0.2, 0.25) is 5.91 Å². The zero-order valence-electron chi connectivity index (χ0n) is 10.7. The fourth-order valence-corrected chi connectivity index (χ4v) is 2.02. The van der Waals surface area contributed by atoms with E-state index in [9.17, 15) is 14.4 Å². The number of anilines is 1. The summed E-state index contributed by atoms with van der Waals surface area (Å²) in [5.74, 6) is -1.31. The number of hydrogen-bond donors (Lipinski definition) is 3. The molecule has 0 fully saturated rings. The van der Waals surface area contributed by atoms with E-state index < -0.39 is 17.9 Å². The second-order valence-corrected chi connectivity index (χ2v) is 5.36. The van der Waals surface area contributed by atoms with E-state index in [2.05, 4.69) is 33.2 Å². The second kappa shape index (κ2) is 8.51. The van der Waals surface area contributed by atoms with E-state index in [0.717, 1.165) is 3.57 Å². The van der Waals surface area contributed by atoms with Gasteiger partial charge in [-0.2, -0.15) is 0 Å². The third-order valence-electron chi connectivity index (χ3n) is 2.38. The van der Waals surface area contributed by atoms with Crippen LogP contribution < -0.4 is 10.6 Å². The van der Waals surface area contributed by atoms with Crippen molar-refractivity contribution in [3.05, 3.63) is 27.8 Å². The molecule has 0 saturated carbocycles. The highest BCUT2D eigenvalue weighted by Crippen LogP contribution is 2.12. The molecule has 0 spiro atoms. The minimum atomic E-state index is -0.887. The first kappa shape index (κ1) is 16.4. The average Bonchev–Trinajstić information content (AvgIpc) is 2.34. The van der Waals surface area contributed by atoms with Gasteiger partial charge in [0.25, 0.3) is 0 Å². The maximum Gasteiger partial charge on any atom is 0.325 e. The molecule has 0 bridgehead atoms. The van der Waals surface area contributed by atoms with E-state index in [-0.39, 0.29) is 12.8 Å². The van der Waals surface area contributed by atoms with E-state index in [1.807, 2.05) is 6.07 Å². The molecule has 0 aromatic heterocycles. The largest absolute Gasteiger partial charge is 0.481 e. The molecule has 0 unspecified atom stereocenters. The van der Waals surface area contributed by atoms with Gasteiger partial charge in [0.15, 0.2) is 0 Å². The molecule has 20 heavy (non-hydrogen) atoms. The lowest BCUT2D eigenvalue weighted by molar-refractivity contribution is -0.137. The fourth-order valence-electron chi connectivity index (χ4n) is 1.48. The number of carbonyl (C=O) groups excluding carboxylic acids is 2. The molecular weight excluding hydrogens is 375 g/mol. The molecule has 0 aliphatic carbocycles. The molecule has 1 rings (SSSR count). The van der Waals surface area contributed by atoms with Crippen LogP contribution in [-0.2, 0) is 9.59 Å². The van der Waals surface area contributed by atoms with E-state index in [1.54, 1.807) is 18.2 Å². The quantitative estimate of drug-likeness (QED) is 0.514. The Labute approximate surface area is 130 Å². The Morgan fingerprint density at radius 3 is 2.50 bits per heavy atom. The lowest BCUT2D eigenvalue weighted by Gasteiger charge is -2.06. The first-order valence-corrected chi connectivity index (χ1v) is 7.13. The number of carboxylic acid groups (broad SMARTS) is 1. The Bertz CT molecular complexity index is 505. The van der Waals surface area contributed by atoms with Gasteiger partial charge in [-0.05, 0) is 53.6 Å². The van der Waals surface area contributed by atoms with Crippen LogP contribution in [0.3, 0.4) is 0 Å². The Balaban J connectivity index is 2.28. The van der Waals surface area contributed by atoms with E-state index in [0.29, 0.717) is 18.5 Å². The molecular formula is C13H15IN2O4. The molecule has 3 N–H and O–H groups in total. The van der Waals surface area contributed by atoms with Crippen LogP contribution in [0.5, 0.6) is 0 Å². The predicted molar refractivity (Wildman–Crippen MR) is 82.4 cm³/mol. The summed E-state index contributed by atoms with van der Waals surface area (Å²) in [5, 5.41) is 13.2. The number of rotatable bonds is 6. The molecule has 0 radical (unpaired) electrons. The number of hydrogen-bond acceptors (Lipinski definition) is 3. The van der Waals surface area contributed by atoms with Gasteiger partial charge in [0.1, 0.15) is 0 Å². The Kier molecular flexibility index (Phi) is 6.99. The average molecular weight is 390 g/mol. The second-order valence-electron chi connectivity index (χ2n) is 4.11. The number of urea groups is 1. The highest BCUT2D eigenvalue weighted by atomic mass is 127. The number of unbranched alkanes of at least 4 members (excludes halogenated alkanes) is 1. The molecule has 7 heteroatoms. The van der Waals surface area contributed by atoms with Gasteiger partial charge < -0.3 is 10.4 Å². The van der Waals surface area contributed by atoms with Crippen molar-refractivity contribution >= 4 is 46.2 Å². The monoisotopic (exact) mass is 390 g/mol. The summed E-state index contributed by atoms with van der Waals surface area (Å²) in [6.45, 7) is 0. The van der Waals surface area contributed by atoms with Gasteiger partial charge in [0, 0.05) is 22.1 Å². The molecule has 1 aromatic carbocycles. The van der Waals surface area contributed by atoms with E-state index in [1.165, 1.54) is 0 Å². The first-order chi connectivity index (χ1) is 9.47. The summed E-state index contributed by atoms with van der Waals surface area (Å²) in [6.07, 6.45) is 1.02. The van der Waals surface area contributed by atoms with Crippen molar-refractivity contribution < 1.29 is 19.5 Å². The van der Waals surface area contributed by atoms with E-state index in [4.69, 9.17) is 5.11 Å². The standard InChI is InChI=1S/C13H15IN2O4/c14-9-4-3-5-10(8-9)15-13(20)16-11(17)6-1-2-7-12(18)19/h3-5,8H,1-2,6-7H2,(H,18,19)(H2,15,16,17,20).